The molecule has 6 aromatic carbocycles. The van der Waals surface area contributed by atoms with Crippen molar-refractivity contribution in [2.24, 2.45) is 0 Å². The Balaban J connectivity index is 1.18. The molecule has 7 heteroatoms. The molecule has 0 spiro atoms. The van der Waals surface area contributed by atoms with Gasteiger partial charge in [-0.05, 0) is 83.4 Å². The molecular formula is C41H33N3O3S. The summed E-state index contributed by atoms with van der Waals surface area (Å²) in [5.41, 5.74) is 4.53. The Bertz CT molecular complexity index is 2100. The van der Waals surface area contributed by atoms with Crippen LogP contribution in [0.5, 0.6) is 0 Å². The zero-order chi connectivity index (χ0) is 33.3. The van der Waals surface area contributed by atoms with E-state index in [9.17, 15) is 14.4 Å². The fraction of sp³-hybridized carbons (Fsp3) is 0.0488. The van der Waals surface area contributed by atoms with Gasteiger partial charge in [-0.25, -0.2) is 0 Å². The molecule has 0 heterocycles. The predicted molar refractivity (Wildman–Crippen MR) is 196 cm³/mol. The maximum absolute atomic E-state index is 13.7. The maximum Gasteiger partial charge on any atom is 0.272 e. The summed E-state index contributed by atoms with van der Waals surface area (Å²) in [5, 5.41) is 10.4. The van der Waals surface area contributed by atoms with Crippen molar-refractivity contribution in [3.05, 3.63) is 180 Å². The van der Waals surface area contributed by atoms with Crippen LogP contribution in [0.3, 0.4) is 0 Å². The fourth-order valence-corrected chi connectivity index (χ4v) is 6.22. The second-order valence-electron chi connectivity index (χ2n) is 11.2. The first kappa shape index (κ1) is 32.0. The summed E-state index contributed by atoms with van der Waals surface area (Å²) in [6, 6.07) is 47.3. The fourth-order valence-electron chi connectivity index (χ4n) is 5.20. The van der Waals surface area contributed by atoms with Gasteiger partial charge >= 0.3 is 0 Å². The summed E-state index contributed by atoms with van der Waals surface area (Å²) in [4.78, 5) is 41.0. The van der Waals surface area contributed by atoms with Crippen LogP contribution < -0.4 is 16.0 Å². The van der Waals surface area contributed by atoms with Crippen LogP contribution in [0.2, 0.25) is 0 Å². The number of hydrogen-bond donors (Lipinski definition) is 3. The van der Waals surface area contributed by atoms with Crippen LogP contribution in [0.25, 0.3) is 16.8 Å². The standard InChI is InChI=1S/C41H33N3O3S/c1-28-11-10-12-29(25-28)26-37(44-39(45)32-16-6-3-7-17-32)40(46)42-34-21-23-36(24-22-34)48-38(31-14-4-2-5-15-31)41(47)43-35-20-19-30-13-8-9-18-33(30)27-35/h2-27,38H,1H3,(H,42,46)(H,43,47)(H,44,45)/b37-26-. The highest BCUT2D eigenvalue weighted by Gasteiger charge is 2.23. The smallest absolute Gasteiger partial charge is 0.272 e. The third-order valence-corrected chi connectivity index (χ3v) is 8.87. The number of nitrogens with one attached hydrogen (secondary N) is 3. The molecule has 0 aliphatic heterocycles. The lowest BCUT2D eigenvalue weighted by molar-refractivity contribution is -0.116. The monoisotopic (exact) mass is 647 g/mol. The van der Waals surface area contributed by atoms with Crippen molar-refractivity contribution in [1.82, 2.24) is 5.32 Å². The third kappa shape index (κ3) is 8.26. The first-order chi connectivity index (χ1) is 23.4. The summed E-state index contributed by atoms with van der Waals surface area (Å²) < 4.78 is 0. The van der Waals surface area contributed by atoms with E-state index in [-0.39, 0.29) is 17.5 Å². The largest absolute Gasteiger partial charge is 0.325 e. The molecule has 0 aliphatic rings. The lowest BCUT2D eigenvalue weighted by Gasteiger charge is -2.18. The van der Waals surface area contributed by atoms with Crippen molar-refractivity contribution in [3.8, 4) is 0 Å². The number of carbonyl (C=O) groups is 3. The molecule has 0 saturated heterocycles. The zero-order valence-corrected chi connectivity index (χ0v) is 27.0. The van der Waals surface area contributed by atoms with Crippen LogP contribution in [0, 0.1) is 6.92 Å². The number of hydrogen-bond acceptors (Lipinski definition) is 4. The molecule has 6 rings (SSSR count). The molecule has 236 valence electrons. The van der Waals surface area contributed by atoms with Gasteiger partial charge in [-0.1, -0.05) is 109 Å². The second kappa shape index (κ2) is 15.1. The Kier molecular flexibility index (Phi) is 10.1. The summed E-state index contributed by atoms with van der Waals surface area (Å²) >= 11 is 1.42. The Labute approximate surface area is 283 Å². The average Bonchev–Trinajstić information content (AvgIpc) is 3.11. The number of aryl methyl sites for hydroxylation is 1. The molecule has 0 radical (unpaired) electrons. The van der Waals surface area contributed by atoms with E-state index >= 15 is 0 Å². The summed E-state index contributed by atoms with van der Waals surface area (Å²) in [5.74, 6) is -0.984. The number of carbonyl (C=O) groups excluding carboxylic acids is 3. The highest BCUT2D eigenvalue weighted by molar-refractivity contribution is 8.00. The Morgan fingerprint density at radius 2 is 1.29 bits per heavy atom. The Morgan fingerprint density at radius 3 is 2.02 bits per heavy atom. The van der Waals surface area contributed by atoms with Crippen molar-refractivity contribution in [1.29, 1.82) is 0 Å². The molecule has 0 fully saturated rings. The van der Waals surface area contributed by atoms with Gasteiger partial charge in [0.15, 0.2) is 0 Å². The molecular weight excluding hydrogens is 615 g/mol. The lowest BCUT2D eigenvalue weighted by Crippen LogP contribution is -2.30. The molecule has 0 aliphatic carbocycles. The van der Waals surface area contributed by atoms with E-state index in [0.717, 1.165) is 38.0 Å². The quantitative estimate of drug-likeness (QED) is 0.102. The van der Waals surface area contributed by atoms with Gasteiger partial charge in [0.25, 0.3) is 11.8 Å². The second-order valence-corrected chi connectivity index (χ2v) is 12.4. The van der Waals surface area contributed by atoms with Gasteiger partial charge in [0.1, 0.15) is 10.9 Å². The Hall–Kier alpha value is -5.92. The van der Waals surface area contributed by atoms with Crippen LogP contribution in [-0.2, 0) is 9.59 Å². The van der Waals surface area contributed by atoms with Crippen LogP contribution in [0.1, 0.15) is 32.3 Å². The summed E-state index contributed by atoms with van der Waals surface area (Å²) in [6.07, 6.45) is 1.66. The zero-order valence-electron chi connectivity index (χ0n) is 26.2. The molecule has 1 unspecified atom stereocenters. The van der Waals surface area contributed by atoms with Gasteiger partial charge < -0.3 is 16.0 Å². The minimum atomic E-state index is -0.518. The molecule has 0 bridgehead atoms. The molecule has 6 aromatic rings. The van der Waals surface area contributed by atoms with Crippen LogP contribution in [0.4, 0.5) is 11.4 Å². The van der Waals surface area contributed by atoms with Crippen molar-refractivity contribution >= 4 is 57.7 Å². The molecule has 3 amide bonds. The van der Waals surface area contributed by atoms with Crippen molar-refractivity contribution in [2.75, 3.05) is 10.6 Å². The highest BCUT2D eigenvalue weighted by Crippen LogP contribution is 2.37. The van der Waals surface area contributed by atoms with Crippen molar-refractivity contribution in [2.45, 2.75) is 17.1 Å². The SMILES string of the molecule is Cc1cccc(/C=C(\NC(=O)c2ccccc2)C(=O)Nc2ccc(SC(C(=O)Nc3ccc4ccccc4c3)c3ccccc3)cc2)c1. The minimum absolute atomic E-state index is 0.113. The third-order valence-electron chi connectivity index (χ3n) is 7.61. The maximum atomic E-state index is 13.7. The minimum Gasteiger partial charge on any atom is -0.325 e. The van der Waals surface area contributed by atoms with E-state index in [1.807, 2.05) is 122 Å². The molecule has 48 heavy (non-hydrogen) atoms. The summed E-state index contributed by atoms with van der Waals surface area (Å²) in [6.45, 7) is 1.97. The molecule has 1 atom stereocenters. The van der Waals surface area contributed by atoms with E-state index in [4.69, 9.17) is 0 Å². The average molecular weight is 648 g/mol. The lowest BCUT2D eigenvalue weighted by atomic mass is 10.1. The number of thioether (sulfide) groups is 1. The van der Waals surface area contributed by atoms with Crippen LogP contribution in [0.15, 0.2) is 162 Å². The van der Waals surface area contributed by atoms with Gasteiger partial charge in [0, 0.05) is 21.8 Å². The summed E-state index contributed by atoms with van der Waals surface area (Å²) in [7, 11) is 0. The van der Waals surface area contributed by atoms with E-state index in [1.54, 1.807) is 42.5 Å². The predicted octanol–water partition coefficient (Wildman–Crippen LogP) is 9.03. The molecule has 0 saturated carbocycles. The first-order valence-corrected chi connectivity index (χ1v) is 16.4. The molecule has 3 N–H and O–H groups in total. The topological polar surface area (TPSA) is 87.3 Å². The van der Waals surface area contributed by atoms with Gasteiger partial charge in [-0.15, -0.1) is 11.8 Å². The van der Waals surface area contributed by atoms with Gasteiger partial charge in [-0.2, -0.15) is 0 Å². The van der Waals surface area contributed by atoms with Gasteiger partial charge in [0.2, 0.25) is 5.91 Å². The van der Waals surface area contributed by atoms with Crippen molar-refractivity contribution < 1.29 is 14.4 Å². The molecule has 6 nitrogen and oxygen atoms in total. The van der Waals surface area contributed by atoms with Crippen LogP contribution in [-0.4, -0.2) is 17.7 Å². The number of benzene rings is 6. The van der Waals surface area contributed by atoms with E-state index in [0.29, 0.717) is 11.3 Å². The number of rotatable bonds is 10. The van der Waals surface area contributed by atoms with Gasteiger partial charge in [0.05, 0.1) is 0 Å². The van der Waals surface area contributed by atoms with E-state index in [1.165, 1.54) is 11.8 Å². The molecule has 0 aromatic heterocycles. The van der Waals surface area contributed by atoms with Gasteiger partial charge in [-0.3, -0.25) is 14.4 Å². The van der Waals surface area contributed by atoms with Crippen molar-refractivity contribution in [3.63, 3.8) is 0 Å². The first-order valence-electron chi connectivity index (χ1n) is 15.5. The Morgan fingerprint density at radius 1 is 0.625 bits per heavy atom. The number of anilines is 2. The van der Waals surface area contributed by atoms with E-state index < -0.39 is 11.2 Å². The normalized spacial score (nSPS) is 11.8. The van der Waals surface area contributed by atoms with E-state index in [2.05, 4.69) is 16.0 Å². The number of amides is 3. The van der Waals surface area contributed by atoms with Crippen LogP contribution >= 0.6 is 11.8 Å². The number of fused-ring (bicyclic) bond motifs is 1. The highest BCUT2D eigenvalue weighted by atomic mass is 32.2.